The molecule has 3 heteroatoms. The summed E-state index contributed by atoms with van der Waals surface area (Å²) in [6.07, 6.45) is 0. The lowest BCUT2D eigenvalue weighted by Crippen LogP contribution is -2.01. The van der Waals surface area contributed by atoms with Gasteiger partial charge in [0.15, 0.2) is 0 Å². The summed E-state index contributed by atoms with van der Waals surface area (Å²) < 4.78 is 5.80. The van der Waals surface area contributed by atoms with Gasteiger partial charge in [0, 0.05) is 16.3 Å². The Kier molecular flexibility index (Phi) is 6.60. The molecule has 21 heavy (non-hydrogen) atoms. The maximum atomic E-state index is 5.80. The lowest BCUT2D eigenvalue weighted by Gasteiger charge is -2.16. The van der Waals surface area contributed by atoms with Gasteiger partial charge < -0.3 is 4.74 Å². The normalized spacial score (nSPS) is 12.4. The number of rotatable bonds is 7. The van der Waals surface area contributed by atoms with E-state index < -0.39 is 0 Å². The molecule has 112 valence electrons. The van der Waals surface area contributed by atoms with Crippen molar-refractivity contribution in [3.05, 3.63) is 60.2 Å². The van der Waals surface area contributed by atoms with E-state index in [1.165, 1.54) is 10.5 Å². The summed E-state index contributed by atoms with van der Waals surface area (Å²) in [6.45, 7) is 5.21. The Morgan fingerprint density at radius 2 is 1.67 bits per heavy atom. The van der Waals surface area contributed by atoms with Crippen LogP contribution in [0.5, 0.6) is 5.75 Å². The maximum Gasteiger partial charge on any atom is 0.119 e. The van der Waals surface area contributed by atoms with Crippen molar-refractivity contribution in [1.82, 2.24) is 0 Å². The number of thioether (sulfide) groups is 1. The van der Waals surface area contributed by atoms with Crippen LogP contribution in [0.25, 0.3) is 0 Å². The summed E-state index contributed by atoms with van der Waals surface area (Å²) in [6, 6.07) is 18.9. The third-order valence-corrected chi connectivity index (χ3v) is 5.48. The van der Waals surface area contributed by atoms with Gasteiger partial charge in [-0.1, -0.05) is 44.2 Å². The summed E-state index contributed by atoms with van der Waals surface area (Å²) in [4.78, 5) is 1.29. The van der Waals surface area contributed by atoms with E-state index >= 15 is 0 Å². The molecule has 0 radical (unpaired) electrons. The molecule has 0 aliphatic carbocycles. The van der Waals surface area contributed by atoms with E-state index in [2.05, 4.69) is 71.6 Å². The van der Waals surface area contributed by atoms with E-state index in [1.807, 2.05) is 17.8 Å². The minimum Gasteiger partial charge on any atom is -0.493 e. The number of hydrogen-bond donors (Lipinski definition) is 0. The molecular formula is C18H23OPS. The SMILES string of the molecule is CC(C)C(P)c1ccc(OCCSc2ccccc2)cc1. The van der Waals surface area contributed by atoms with Crippen LogP contribution >= 0.6 is 21.0 Å². The van der Waals surface area contributed by atoms with Crippen LogP contribution in [0.2, 0.25) is 0 Å². The van der Waals surface area contributed by atoms with E-state index in [9.17, 15) is 0 Å². The topological polar surface area (TPSA) is 9.23 Å². The van der Waals surface area contributed by atoms with Crippen molar-refractivity contribution in [3.8, 4) is 5.75 Å². The highest BCUT2D eigenvalue weighted by molar-refractivity contribution is 7.99. The van der Waals surface area contributed by atoms with Crippen molar-refractivity contribution in [1.29, 1.82) is 0 Å². The van der Waals surface area contributed by atoms with Crippen molar-refractivity contribution in [2.45, 2.75) is 24.4 Å². The van der Waals surface area contributed by atoms with E-state index in [-0.39, 0.29) is 0 Å². The van der Waals surface area contributed by atoms with E-state index in [1.54, 1.807) is 0 Å². The molecule has 1 nitrogen and oxygen atoms in total. The highest BCUT2D eigenvalue weighted by atomic mass is 32.2. The van der Waals surface area contributed by atoms with Crippen molar-refractivity contribution in [2.24, 2.45) is 5.92 Å². The van der Waals surface area contributed by atoms with Crippen LogP contribution in [0.1, 0.15) is 25.1 Å². The highest BCUT2D eigenvalue weighted by Crippen LogP contribution is 2.31. The van der Waals surface area contributed by atoms with Gasteiger partial charge in [-0.05, 0) is 35.7 Å². The lowest BCUT2D eigenvalue weighted by molar-refractivity contribution is 0.344. The molecule has 2 aromatic carbocycles. The quantitative estimate of drug-likeness (QED) is 0.382. The molecule has 0 spiro atoms. The molecule has 2 aromatic rings. The third kappa shape index (κ3) is 5.37. The molecule has 0 aliphatic heterocycles. The molecule has 0 heterocycles. The van der Waals surface area contributed by atoms with Crippen molar-refractivity contribution >= 4 is 21.0 Å². The van der Waals surface area contributed by atoms with Crippen LogP contribution < -0.4 is 4.74 Å². The van der Waals surface area contributed by atoms with Crippen LogP contribution in [-0.4, -0.2) is 12.4 Å². The van der Waals surface area contributed by atoms with Gasteiger partial charge in [0.25, 0.3) is 0 Å². The van der Waals surface area contributed by atoms with E-state index in [0.29, 0.717) is 11.6 Å². The minimum absolute atomic E-state index is 0.507. The van der Waals surface area contributed by atoms with Crippen molar-refractivity contribution in [3.63, 3.8) is 0 Å². The molecule has 2 unspecified atom stereocenters. The molecule has 0 aliphatic rings. The first-order valence-electron chi connectivity index (χ1n) is 7.33. The molecule has 2 atom stereocenters. The van der Waals surface area contributed by atoms with Gasteiger partial charge in [-0.15, -0.1) is 21.0 Å². The van der Waals surface area contributed by atoms with Crippen LogP contribution in [0, 0.1) is 5.92 Å². The second kappa shape index (κ2) is 8.46. The Morgan fingerprint density at radius 3 is 2.29 bits per heavy atom. The first-order chi connectivity index (χ1) is 10.2. The predicted molar refractivity (Wildman–Crippen MR) is 96.4 cm³/mol. The molecule has 0 N–H and O–H groups in total. The summed E-state index contributed by atoms with van der Waals surface area (Å²) >= 11 is 1.82. The molecule has 0 saturated heterocycles. The summed E-state index contributed by atoms with van der Waals surface area (Å²) in [5, 5.41) is 0. The number of ether oxygens (including phenoxy) is 1. The third-order valence-electron chi connectivity index (χ3n) is 3.35. The second-order valence-corrected chi connectivity index (χ2v) is 7.24. The van der Waals surface area contributed by atoms with Crippen LogP contribution in [-0.2, 0) is 0 Å². The smallest absolute Gasteiger partial charge is 0.119 e. The average molecular weight is 318 g/mol. The summed E-state index contributed by atoms with van der Waals surface area (Å²) in [5.41, 5.74) is 1.86. The molecule has 2 rings (SSSR count). The fourth-order valence-corrected chi connectivity index (χ4v) is 2.98. The zero-order chi connectivity index (χ0) is 15.1. The van der Waals surface area contributed by atoms with Crippen molar-refractivity contribution in [2.75, 3.05) is 12.4 Å². The zero-order valence-electron chi connectivity index (χ0n) is 12.7. The Balaban J connectivity index is 1.76. The van der Waals surface area contributed by atoms with Gasteiger partial charge in [0.2, 0.25) is 0 Å². The van der Waals surface area contributed by atoms with Gasteiger partial charge in [-0.2, -0.15) is 0 Å². The average Bonchev–Trinajstić information content (AvgIpc) is 2.52. The van der Waals surface area contributed by atoms with Gasteiger partial charge in [-0.25, -0.2) is 0 Å². The second-order valence-electron chi connectivity index (χ2n) is 5.35. The van der Waals surface area contributed by atoms with E-state index in [4.69, 9.17) is 4.74 Å². The van der Waals surface area contributed by atoms with E-state index in [0.717, 1.165) is 18.1 Å². The Labute approximate surface area is 134 Å². The Hall–Kier alpha value is -0.980. The van der Waals surface area contributed by atoms with Gasteiger partial charge in [-0.3, -0.25) is 0 Å². The number of hydrogen-bond acceptors (Lipinski definition) is 2. The fraction of sp³-hybridized carbons (Fsp3) is 0.333. The fourth-order valence-electron chi connectivity index (χ4n) is 2.01. The molecule has 0 aromatic heterocycles. The van der Waals surface area contributed by atoms with Crippen LogP contribution in [0.3, 0.4) is 0 Å². The lowest BCUT2D eigenvalue weighted by atomic mass is 10.0. The van der Waals surface area contributed by atoms with Gasteiger partial charge in [0.05, 0.1) is 6.61 Å². The molecule has 0 bridgehead atoms. The largest absolute Gasteiger partial charge is 0.493 e. The van der Waals surface area contributed by atoms with Gasteiger partial charge >= 0.3 is 0 Å². The molecule has 0 amide bonds. The van der Waals surface area contributed by atoms with Crippen LogP contribution in [0.4, 0.5) is 0 Å². The molecule has 0 saturated carbocycles. The standard InChI is InChI=1S/C18H23OPS/c1-14(2)18(20)15-8-10-16(11-9-15)19-12-13-21-17-6-4-3-5-7-17/h3-11,14,18H,12-13,20H2,1-2H3. The summed E-state index contributed by atoms with van der Waals surface area (Å²) in [5.74, 6) is 2.54. The predicted octanol–water partition coefficient (Wildman–Crippen LogP) is 5.43. The number of benzene rings is 2. The summed E-state index contributed by atoms with van der Waals surface area (Å²) in [7, 11) is 2.92. The maximum absolute atomic E-state index is 5.80. The highest BCUT2D eigenvalue weighted by Gasteiger charge is 2.09. The van der Waals surface area contributed by atoms with Crippen molar-refractivity contribution < 1.29 is 4.74 Å². The zero-order valence-corrected chi connectivity index (χ0v) is 14.6. The minimum atomic E-state index is 0.507. The first-order valence-corrected chi connectivity index (χ1v) is 8.98. The first kappa shape index (κ1) is 16.4. The van der Waals surface area contributed by atoms with Gasteiger partial charge in [0.1, 0.15) is 5.75 Å². The monoisotopic (exact) mass is 318 g/mol. The molecule has 0 fully saturated rings. The van der Waals surface area contributed by atoms with Crippen LogP contribution in [0.15, 0.2) is 59.5 Å². The molecular weight excluding hydrogens is 295 g/mol. The Morgan fingerprint density at radius 1 is 1.00 bits per heavy atom. The Bertz CT molecular complexity index is 525.